The molecule has 0 saturated carbocycles. The van der Waals surface area contributed by atoms with Crippen LogP contribution in [0.4, 0.5) is 13.2 Å². The summed E-state index contributed by atoms with van der Waals surface area (Å²) < 4.78 is 55.1. The third kappa shape index (κ3) is 4.49. The Morgan fingerprint density at radius 1 is 1.19 bits per heavy atom. The number of hydrogen-bond donors (Lipinski definition) is 1. The number of nitrogens with zero attached hydrogens (tertiary/aromatic N) is 1. The molecule has 146 valence electrons. The first-order chi connectivity index (χ1) is 12.4. The maximum Gasteiger partial charge on any atom is 0.416 e. The third-order valence-electron chi connectivity index (χ3n) is 5.03. The van der Waals surface area contributed by atoms with Crippen molar-refractivity contribution in [3.8, 4) is 5.75 Å². The molecule has 2 aliphatic heterocycles. The molecule has 2 fully saturated rings. The minimum atomic E-state index is -4.42. The van der Waals surface area contributed by atoms with Crippen molar-refractivity contribution in [2.45, 2.75) is 63.1 Å². The van der Waals surface area contributed by atoms with Gasteiger partial charge in [0.2, 0.25) is 0 Å². The molecule has 1 aromatic carbocycles. The quantitative estimate of drug-likeness (QED) is 0.602. The molecule has 0 unspecified atom stereocenters. The fourth-order valence-electron chi connectivity index (χ4n) is 3.80. The van der Waals surface area contributed by atoms with Gasteiger partial charge >= 0.3 is 6.18 Å². The van der Waals surface area contributed by atoms with Gasteiger partial charge in [-0.2, -0.15) is 18.2 Å². The molecule has 2 saturated heterocycles. The highest BCUT2D eigenvalue weighted by Gasteiger charge is 2.39. The van der Waals surface area contributed by atoms with Crippen LogP contribution in [0.2, 0.25) is 0 Å². The van der Waals surface area contributed by atoms with E-state index >= 15 is 0 Å². The highest BCUT2D eigenvalue weighted by Crippen LogP contribution is 2.37. The fourth-order valence-corrected chi connectivity index (χ4v) is 3.80. The van der Waals surface area contributed by atoms with Crippen molar-refractivity contribution in [2.24, 2.45) is 0 Å². The summed E-state index contributed by atoms with van der Waals surface area (Å²) in [6.45, 7) is -0.0401. The van der Waals surface area contributed by atoms with Gasteiger partial charge < -0.3 is 19.4 Å². The van der Waals surface area contributed by atoms with Crippen LogP contribution in [-0.2, 0) is 22.3 Å². The Labute approximate surface area is 150 Å². The molecule has 2 atom stereocenters. The Bertz CT molecular complexity index is 597. The van der Waals surface area contributed by atoms with E-state index in [0.29, 0.717) is 24.2 Å². The van der Waals surface area contributed by atoms with Crippen molar-refractivity contribution in [1.82, 2.24) is 5.06 Å². The van der Waals surface area contributed by atoms with Gasteiger partial charge in [0.15, 0.2) is 0 Å². The number of ether oxygens (including phenoxy) is 3. The van der Waals surface area contributed by atoms with Crippen LogP contribution in [0.15, 0.2) is 18.2 Å². The Morgan fingerprint density at radius 2 is 1.88 bits per heavy atom. The van der Waals surface area contributed by atoms with E-state index in [0.717, 1.165) is 31.4 Å². The first kappa shape index (κ1) is 19.4. The lowest BCUT2D eigenvalue weighted by Gasteiger charge is -2.45. The number of piperidine rings is 2. The van der Waals surface area contributed by atoms with Crippen LogP contribution in [0.1, 0.15) is 43.2 Å². The van der Waals surface area contributed by atoms with Crippen molar-refractivity contribution in [3.63, 3.8) is 0 Å². The Morgan fingerprint density at radius 3 is 2.50 bits per heavy atom. The molecule has 1 aromatic rings. The lowest BCUT2D eigenvalue weighted by molar-refractivity contribution is -0.207. The summed E-state index contributed by atoms with van der Waals surface area (Å²) in [5.74, 6) is 0.392. The molecule has 2 aliphatic rings. The molecule has 0 radical (unpaired) electrons. The number of benzene rings is 1. The van der Waals surface area contributed by atoms with Crippen molar-refractivity contribution in [1.29, 1.82) is 0 Å². The van der Waals surface area contributed by atoms with Gasteiger partial charge in [-0.1, -0.05) is 6.42 Å². The highest BCUT2D eigenvalue weighted by molar-refractivity contribution is 5.38. The highest BCUT2D eigenvalue weighted by atomic mass is 19.4. The summed E-state index contributed by atoms with van der Waals surface area (Å²) in [7, 11) is 1.45. The summed E-state index contributed by atoms with van der Waals surface area (Å²) in [5, 5.41) is 11.5. The second-order valence-electron chi connectivity index (χ2n) is 6.91. The van der Waals surface area contributed by atoms with Crippen molar-refractivity contribution in [2.75, 3.05) is 13.9 Å². The van der Waals surface area contributed by atoms with Gasteiger partial charge in [0.25, 0.3) is 0 Å². The van der Waals surface area contributed by atoms with Gasteiger partial charge in [-0.15, -0.1) is 0 Å². The molecule has 5 nitrogen and oxygen atoms in total. The molecular weight excluding hydrogens is 351 g/mol. The first-order valence-electron chi connectivity index (χ1n) is 8.79. The van der Waals surface area contributed by atoms with Crippen molar-refractivity contribution in [3.05, 3.63) is 29.3 Å². The number of hydrogen-bond acceptors (Lipinski definition) is 5. The maximum atomic E-state index is 13.0. The number of halogens is 3. The lowest BCUT2D eigenvalue weighted by Crippen LogP contribution is -2.52. The topological polar surface area (TPSA) is 51.2 Å². The zero-order valence-corrected chi connectivity index (χ0v) is 14.7. The predicted molar refractivity (Wildman–Crippen MR) is 86.8 cm³/mol. The molecule has 8 heteroatoms. The number of rotatable bonds is 6. The zero-order chi connectivity index (χ0) is 18.7. The number of alkyl halides is 3. The summed E-state index contributed by atoms with van der Waals surface area (Å²) >= 11 is 0. The Kier molecular flexibility index (Phi) is 6.06. The fraction of sp³-hybridized carbons (Fsp3) is 0.667. The van der Waals surface area contributed by atoms with Gasteiger partial charge in [0.1, 0.15) is 18.6 Å². The van der Waals surface area contributed by atoms with Gasteiger partial charge in [0, 0.05) is 37.6 Å². The maximum absolute atomic E-state index is 13.0. The van der Waals surface area contributed by atoms with Gasteiger partial charge in [0.05, 0.1) is 12.2 Å². The average molecular weight is 375 g/mol. The minimum absolute atomic E-state index is 0.0112. The van der Waals surface area contributed by atoms with E-state index in [9.17, 15) is 18.4 Å². The predicted octanol–water partition coefficient (Wildman–Crippen LogP) is 3.98. The van der Waals surface area contributed by atoms with Gasteiger partial charge in [-0.25, -0.2) is 0 Å². The van der Waals surface area contributed by atoms with E-state index in [-0.39, 0.29) is 31.6 Å². The molecule has 1 N–H and O–H groups in total. The normalized spacial score (nSPS) is 26.7. The van der Waals surface area contributed by atoms with E-state index in [2.05, 4.69) is 0 Å². The Balaban J connectivity index is 1.75. The molecular formula is C18H24F3NO4. The van der Waals surface area contributed by atoms with Crippen LogP contribution < -0.4 is 4.74 Å². The van der Waals surface area contributed by atoms with Crippen molar-refractivity contribution < 1.29 is 32.6 Å². The second kappa shape index (κ2) is 8.12. The number of methoxy groups -OCH3 is 1. The van der Waals surface area contributed by atoms with Crippen LogP contribution in [0.3, 0.4) is 0 Å². The standard InChI is InChI=1S/C18H24F3NO4/c1-24-11-25-10-12-7-13(18(19,20)21)5-6-17(12)26-16-8-14-3-2-4-15(9-16)22(14)23/h5-7,14-16,23H,2-4,8-11H2,1H3/t14-,15-/m1/s1. The van der Waals surface area contributed by atoms with Crippen molar-refractivity contribution >= 4 is 0 Å². The van der Waals surface area contributed by atoms with E-state index in [4.69, 9.17) is 14.2 Å². The lowest BCUT2D eigenvalue weighted by atomic mass is 9.84. The SMILES string of the molecule is COCOCc1cc(C(F)(F)F)ccc1OC1C[C@H]2CCC[C@H](C1)N2O. The average Bonchev–Trinajstić information content (AvgIpc) is 2.56. The molecule has 0 spiro atoms. The zero-order valence-electron chi connectivity index (χ0n) is 14.7. The Hall–Kier alpha value is -1.35. The van der Waals surface area contributed by atoms with Crippen LogP contribution >= 0.6 is 0 Å². The van der Waals surface area contributed by atoms with E-state index in [1.807, 2.05) is 0 Å². The second-order valence-corrected chi connectivity index (χ2v) is 6.91. The monoisotopic (exact) mass is 375 g/mol. The van der Waals surface area contributed by atoms with E-state index in [1.54, 1.807) is 0 Å². The molecule has 0 aliphatic carbocycles. The molecule has 0 amide bonds. The summed E-state index contributed by atoms with van der Waals surface area (Å²) in [6.07, 6.45) is -0.346. The minimum Gasteiger partial charge on any atom is -0.490 e. The van der Waals surface area contributed by atoms with Crippen LogP contribution in [0.5, 0.6) is 5.75 Å². The van der Waals surface area contributed by atoms with Crippen LogP contribution in [-0.4, -0.2) is 42.4 Å². The molecule has 26 heavy (non-hydrogen) atoms. The third-order valence-corrected chi connectivity index (χ3v) is 5.03. The molecule has 0 aromatic heterocycles. The summed E-state index contributed by atoms with van der Waals surface area (Å²) in [5.41, 5.74) is -0.392. The molecule has 2 heterocycles. The number of fused-ring (bicyclic) bond motifs is 2. The van der Waals surface area contributed by atoms with Crippen LogP contribution in [0, 0.1) is 0 Å². The largest absolute Gasteiger partial charge is 0.490 e. The summed E-state index contributed by atoms with van der Waals surface area (Å²) in [4.78, 5) is 0. The molecule has 2 bridgehead atoms. The molecule has 3 rings (SSSR count). The first-order valence-corrected chi connectivity index (χ1v) is 8.79. The van der Waals surface area contributed by atoms with Gasteiger partial charge in [-0.05, 0) is 31.0 Å². The van der Waals surface area contributed by atoms with Crippen LogP contribution in [0.25, 0.3) is 0 Å². The van der Waals surface area contributed by atoms with E-state index < -0.39 is 11.7 Å². The number of hydroxylamine groups is 2. The summed E-state index contributed by atoms with van der Waals surface area (Å²) in [6, 6.07) is 3.55. The smallest absolute Gasteiger partial charge is 0.416 e. The van der Waals surface area contributed by atoms with Gasteiger partial charge in [-0.3, -0.25) is 0 Å². The van der Waals surface area contributed by atoms with E-state index in [1.165, 1.54) is 18.2 Å².